The third-order valence-corrected chi connectivity index (χ3v) is 4.71. The maximum absolute atomic E-state index is 12.6. The minimum atomic E-state index is -0.505. The molecule has 142 valence electrons. The standard InChI is InChI=1S/C20H24N4O3/c1-4-8-22-19(25)16-17(21)13-7-5-6-12(18(13)24-20(16)26)14-10-23-11(2)9-15(14)27-3/h5-7,9-10,14-15H,4,8H2,1-3H3,(H,22,25)(H3,21,24,26). The second-order valence-electron chi connectivity index (χ2n) is 6.58. The first kappa shape index (κ1) is 18.8. The Hall–Kier alpha value is -2.93. The molecule has 2 atom stereocenters. The Balaban J connectivity index is 2.14. The van der Waals surface area contributed by atoms with Crippen molar-refractivity contribution in [2.24, 2.45) is 4.99 Å². The predicted molar refractivity (Wildman–Crippen MR) is 107 cm³/mol. The molecule has 0 aliphatic carbocycles. The van der Waals surface area contributed by atoms with Gasteiger partial charge in [-0.3, -0.25) is 14.6 Å². The van der Waals surface area contributed by atoms with Crippen LogP contribution in [-0.2, 0) is 4.74 Å². The van der Waals surface area contributed by atoms with E-state index in [4.69, 9.17) is 10.5 Å². The molecule has 1 aliphatic rings. The number of benzene rings is 1. The summed E-state index contributed by atoms with van der Waals surface area (Å²) in [5, 5.41) is 3.33. The van der Waals surface area contributed by atoms with E-state index in [1.54, 1.807) is 13.2 Å². The molecule has 0 spiro atoms. The number of fused-ring (bicyclic) bond motifs is 1. The smallest absolute Gasteiger partial charge is 0.263 e. The third kappa shape index (κ3) is 3.50. The second-order valence-corrected chi connectivity index (χ2v) is 6.58. The number of nitrogens with two attached hydrogens (primary N) is 1. The van der Waals surface area contributed by atoms with Crippen LogP contribution >= 0.6 is 0 Å². The van der Waals surface area contributed by atoms with E-state index in [9.17, 15) is 9.59 Å². The minimum absolute atomic E-state index is 0.0514. The zero-order valence-corrected chi connectivity index (χ0v) is 15.7. The van der Waals surface area contributed by atoms with Crippen LogP contribution in [0.15, 0.2) is 39.8 Å². The fraction of sp³-hybridized carbons (Fsp3) is 0.350. The van der Waals surface area contributed by atoms with E-state index in [0.29, 0.717) is 17.4 Å². The van der Waals surface area contributed by atoms with Gasteiger partial charge in [0.2, 0.25) is 0 Å². The molecular formula is C20H24N4O3. The Morgan fingerprint density at radius 3 is 2.89 bits per heavy atom. The molecule has 1 aromatic carbocycles. The number of carbonyl (C=O) groups is 1. The molecule has 7 nitrogen and oxygen atoms in total. The molecule has 0 bridgehead atoms. The summed E-state index contributed by atoms with van der Waals surface area (Å²) in [6.45, 7) is 4.33. The van der Waals surface area contributed by atoms with Crippen molar-refractivity contribution in [3.63, 3.8) is 0 Å². The summed E-state index contributed by atoms with van der Waals surface area (Å²) in [5.74, 6) is -0.632. The number of H-pyrrole nitrogens is 1. The summed E-state index contributed by atoms with van der Waals surface area (Å²) in [6.07, 6.45) is 4.32. The van der Waals surface area contributed by atoms with Gasteiger partial charge in [0, 0.05) is 31.0 Å². The lowest BCUT2D eigenvalue weighted by molar-refractivity contribution is 0.0953. The number of aromatic amines is 1. The van der Waals surface area contributed by atoms with Gasteiger partial charge in [-0.05, 0) is 25.0 Å². The lowest BCUT2D eigenvalue weighted by Gasteiger charge is -2.25. The van der Waals surface area contributed by atoms with Crippen LogP contribution in [0.25, 0.3) is 10.9 Å². The summed E-state index contributed by atoms with van der Waals surface area (Å²) >= 11 is 0. The zero-order chi connectivity index (χ0) is 19.6. The molecule has 1 amide bonds. The number of aromatic nitrogens is 1. The van der Waals surface area contributed by atoms with Gasteiger partial charge >= 0.3 is 0 Å². The molecule has 0 fully saturated rings. The van der Waals surface area contributed by atoms with Gasteiger partial charge in [0.05, 0.1) is 23.2 Å². The molecule has 4 N–H and O–H groups in total. The number of rotatable bonds is 5. The normalized spacial score (nSPS) is 19.1. The molecule has 1 aromatic heterocycles. The SMILES string of the molecule is CCCNC(=O)c1c(N)c2cccc(C3C=NC(C)=CC3OC)c2[nH]c1=O. The molecule has 7 heteroatoms. The summed E-state index contributed by atoms with van der Waals surface area (Å²) in [4.78, 5) is 32.2. The summed E-state index contributed by atoms with van der Waals surface area (Å²) in [6, 6.07) is 5.56. The zero-order valence-electron chi connectivity index (χ0n) is 15.7. The number of para-hydroxylation sites is 1. The fourth-order valence-electron chi connectivity index (χ4n) is 3.34. The van der Waals surface area contributed by atoms with Crippen molar-refractivity contribution in [1.29, 1.82) is 0 Å². The van der Waals surface area contributed by atoms with Gasteiger partial charge in [-0.15, -0.1) is 0 Å². The Bertz CT molecular complexity index is 991. The Morgan fingerprint density at radius 1 is 1.41 bits per heavy atom. The molecule has 0 saturated carbocycles. The van der Waals surface area contributed by atoms with Gasteiger partial charge in [0.25, 0.3) is 11.5 Å². The Morgan fingerprint density at radius 2 is 2.19 bits per heavy atom. The van der Waals surface area contributed by atoms with Crippen LogP contribution in [0, 0.1) is 0 Å². The first-order valence-electron chi connectivity index (χ1n) is 8.95. The highest BCUT2D eigenvalue weighted by Crippen LogP contribution is 2.32. The van der Waals surface area contributed by atoms with Crippen molar-refractivity contribution in [1.82, 2.24) is 10.3 Å². The quantitative estimate of drug-likeness (QED) is 0.752. The molecular weight excluding hydrogens is 344 g/mol. The molecule has 3 rings (SSSR count). The van der Waals surface area contributed by atoms with E-state index in [1.165, 1.54) is 0 Å². The number of amides is 1. The Labute approximate surface area is 157 Å². The summed E-state index contributed by atoms with van der Waals surface area (Å²) in [7, 11) is 1.64. The van der Waals surface area contributed by atoms with Crippen LogP contribution in [0.4, 0.5) is 5.69 Å². The van der Waals surface area contributed by atoms with Crippen LogP contribution in [0.3, 0.4) is 0 Å². The lowest BCUT2D eigenvalue weighted by atomic mass is 9.89. The van der Waals surface area contributed by atoms with Crippen LogP contribution in [0.1, 0.15) is 42.1 Å². The molecule has 2 aromatic rings. The van der Waals surface area contributed by atoms with Crippen LogP contribution in [0.2, 0.25) is 0 Å². The highest BCUT2D eigenvalue weighted by molar-refractivity contribution is 6.07. The number of carbonyl (C=O) groups excluding carboxylic acids is 1. The summed E-state index contributed by atoms with van der Waals surface area (Å²) in [5.41, 5.74) is 8.16. The molecule has 1 aliphatic heterocycles. The predicted octanol–water partition coefficient (Wildman–Crippen LogP) is 2.34. The van der Waals surface area contributed by atoms with E-state index in [0.717, 1.165) is 17.7 Å². The topological polar surface area (TPSA) is 110 Å². The van der Waals surface area contributed by atoms with Crippen molar-refractivity contribution in [2.75, 3.05) is 19.4 Å². The number of methoxy groups -OCH3 is 1. The molecule has 0 saturated heterocycles. The van der Waals surface area contributed by atoms with Crippen molar-refractivity contribution in [3.8, 4) is 0 Å². The highest BCUT2D eigenvalue weighted by Gasteiger charge is 2.26. The van der Waals surface area contributed by atoms with Crippen LogP contribution < -0.4 is 16.6 Å². The summed E-state index contributed by atoms with van der Waals surface area (Å²) < 4.78 is 5.59. The largest absolute Gasteiger partial charge is 0.397 e. The van der Waals surface area contributed by atoms with Crippen molar-refractivity contribution in [2.45, 2.75) is 32.3 Å². The molecule has 27 heavy (non-hydrogen) atoms. The third-order valence-electron chi connectivity index (χ3n) is 4.71. The number of ether oxygens (including phenoxy) is 1. The van der Waals surface area contributed by atoms with E-state index in [2.05, 4.69) is 15.3 Å². The number of anilines is 1. The van der Waals surface area contributed by atoms with Gasteiger partial charge in [-0.25, -0.2) is 0 Å². The lowest BCUT2D eigenvalue weighted by Crippen LogP contribution is -2.32. The van der Waals surface area contributed by atoms with E-state index >= 15 is 0 Å². The van der Waals surface area contributed by atoms with Crippen LogP contribution in [-0.4, -0.2) is 36.9 Å². The second kappa shape index (κ2) is 7.75. The number of aliphatic imine (C=N–C) groups is 1. The van der Waals surface area contributed by atoms with E-state index in [1.807, 2.05) is 38.3 Å². The minimum Gasteiger partial charge on any atom is -0.397 e. The van der Waals surface area contributed by atoms with Crippen molar-refractivity contribution in [3.05, 3.63) is 51.5 Å². The number of hydrogen-bond donors (Lipinski definition) is 3. The maximum Gasteiger partial charge on any atom is 0.263 e. The van der Waals surface area contributed by atoms with Crippen LogP contribution in [0.5, 0.6) is 0 Å². The van der Waals surface area contributed by atoms with Gasteiger partial charge in [-0.1, -0.05) is 25.1 Å². The van der Waals surface area contributed by atoms with Gasteiger partial charge < -0.3 is 20.8 Å². The van der Waals surface area contributed by atoms with E-state index in [-0.39, 0.29) is 23.3 Å². The van der Waals surface area contributed by atoms with Crippen molar-refractivity contribution < 1.29 is 9.53 Å². The number of nitrogen functional groups attached to an aromatic ring is 1. The highest BCUT2D eigenvalue weighted by atomic mass is 16.5. The number of nitrogens with one attached hydrogen (secondary N) is 2. The fourth-order valence-corrected chi connectivity index (χ4v) is 3.34. The first-order valence-corrected chi connectivity index (χ1v) is 8.95. The number of nitrogens with zero attached hydrogens (tertiary/aromatic N) is 1. The van der Waals surface area contributed by atoms with Gasteiger partial charge in [-0.2, -0.15) is 0 Å². The monoisotopic (exact) mass is 368 g/mol. The maximum atomic E-state index is 12.6. The van der Waals surface area contributed by atoms with Crippen molar-refractivity contribution >= 4 is 28.7 Å². The average molecular weight is 368 g/mol. The first-order chi connectivity index (χ1) is 13.0. The number of pyridine rings is 1. The molecule has 2 heterocycles. The van der Waals surface area contributed by atoms with Gasteiger partial charge in [0.15, 0.2) is 0 Å². The Kier molecular flexibility index (Phi) is 5.41. The molecule has 2 unspecified atom stereocenters. The van der Waals surface area contributed by atoms with E-state index < -0.39 is 11.5 Å². The average Bonchev–Trinajstić information content (AvgIpc) is 2.66. The number of hydrogen-bond acceptors (Lipinski definition) is 5. The molecule has 0 radical (unpaired) electrons. The number of allylic oxidation sites excluding steroid dienone is 1. The van der Waals surface area contributed by atoms with Gasteiger partial charge in [0.1, 0.15) is 5.56 Å².